The van der Waals surface area contributed by atoms with Gasteiger partial charge in [0, 0.05) is 25.7 Å². The van der Waals surface area contributed by atoms with Crippen LogP contribution < -0.4 is 0 Å². The van der Waals surface area contributed by atoms with Crippen molar-refractivity contribution >= 4 is 29.8 Å². The molecule has 1 aromatic rings. The molecule has 0 saturated carbocycles. The van der Waals surface area contributed by atoms with Crippen LogP contribution in [0.3, 0.4) is 0 Å². The summed E-state index contributed by atoms with van der Waals surface area (Å²) in [7, 11) is 1.08. The first kappa shape index (κ1) is 22.6. The minimum atomic E-state index is -1.36. The van der Waals surface area contributed by atoms with Gasteiger partial charge in [-0.2, -0.15) is 4.98 Å². The number of azide groups is 1. The van der Waals surface area contributed by atoms with Crippen molar-refractivity contribution in [1.82, 2.24) is 14.8 Å². The van der Waals surface area contributed by atoms with E-state index >= 15 is 0 Å². The van der Waals surface area contributed by atoms with E-state index in [1.54, 1.807) is 0 Å². The lowest BCUT2D eigenvalue weighted by Gasteiger charge is -2.23. The standard InChI is InChI=1S/C15H18N6O9/c1-6(22)27-5-9-10(28-7(2)23)11(29-8(3)24)13(30-9)21-12(14(25)26-4)17-15(19-21)18-20-16/h9-11,13H,5H2,1-4H3/t9-,10-,11-,13-/m1/s1. The largest absolute Gasteiger partial charge is 0.463 e. The van der Waals surface area contributed by atoms with Crippen LogP contribution in [0.15, 0.2) is 5.11 Å². The molecule has 0 radical (unpaired) electrons. The molecule has 1 aliphatic heterocycles. The van der Waals surface area contributed by atoms with Gasteiger partial charge in [0.25, 0.3) is 0 Å². The number of hydrogen-bond donors (Lipinski definition) is 0. The van der Waals surface area contributed by atoms with E-state index in [4.69, 9.17) is 24.5 Å². The molecular weight excluding hydrogens is 408 g/mol. The maximum Gasteiger partial charge on any atom is 0.375 e. The molecular formula is C15H18N6O9. The Bertz CT molecular complexity index is 893. The Morgan fingerprint density at radius 1 is 1.13 bits per heavy atom. The number of nitrogens with zero attached hydrogens (tertiary/aromatic N) is 6. The van der Waals surface area contributed by atoms with Gasteiger partial charge in [-0.15, -0.1) is 5.10 Å². The summed E-state index contributed by atoms with van der Waals surface area (Å²) in [6, 6.07) is 0. The lowest BCUT2D eigenvalue weighted by molar-refractivity contribution is -0.166. The molecule has 2 heterocycles. The summed E-state index contributed by atoms with van der Waals surface area (Å²) in [5, 5.41) is 7.09. The number of rotatable bonds is 7. The van der Waals surface area contributed by atoms with Gasteiger partial charge in [0.05, 0.1) is 7.11 Å². The molecule has 0 amide bonds. The number of ether oxygens (including phenoxy) is 5. The average Bonchev–Trinajstić information content (AvgIpc) is 3.21. The summed E-state index contributed by atoms with van der Waals surface area (Å²) in [4.78, 5) is 52.8. The second-order valence-electron chi connectivity index (χ2n) is 5.88. The summed E-state index contributed by atoms with van der Waals surface area (Å²) in [5.41, 5.74) is 8.60. The van der Waals surface area contributed by atoms with Crippen molar-refractivity contribution in [3.8, 4) is 0 Å². The predicted octanol–water partition coefficient (Wildman–Crippen LogP) is 0.330. The molecule has 15 nitrogen and oxygen atoms in total. The van der Waals surface area contributed by atoms with Gasteiger partial charge in [-0.25, -0.2) is 9.48 Å². The van der Waals surface area contributed by atoms with E-state index in [2.05, 4.69) is 24.8 Å². The molecule has 1 fully saturated rings. The molecule has 1 aliphatic rings. The van der Waals surface area contributed by atoms with Gasteiger partial charge in [0.2, 0.25) is 11.8 Å². The van der Waals surface area contributed by atoms with Crippen LogP contribution in [0.5, 0.6) is 0 Å². The maximum absolute atomic E-state index is 12.1. The first-order valence-corrected chi connectivity index (χ1v) is 8.41. The Kier molecular flexibility index (Phi) is 7.27. The zero-order chi connectivity index (χ0) is 22.4. The summed E-state index contributed by atoms with van der Waals surface area (Å²) >= 11 is 0. The number of carbonyl (C=O) groups is 4. The number of methoxy groups -OCH3 is 1. The van der Waals surface area contributed by atoms with E-state index in [0.717, 1.165) is 32.6 Å². The molecule has 0 unspecified atom stereocenters. The van der Waals surface area contributed by atoms with E-state index in [1.165, 1.54) is 0 Å². The van der Waals surface area contributed by atoms with Gasteiger partial charge in [-0.1, -0.05) is 0 Å². The fourth-order valence-electron chi connectivity index (χ4n) is 2.69. The van der Waals surface area contributed by atoms with Crippen molar-refractivity contribution in [3.05, 3.63) is 16.3 Å². The molecule has 1 saturated heterocycles. The third-order valence-corrected chi connectivity index (χ3v) is 3.70. The lowest BCUT2D eigenvalue weighted by Crippen LogP contribution is -2.41. The van der Waals surface area contributed by atoms with Gasteiger partial charge in [-0.05, 0) is 10.6 Å². The smallest absolute Gasteiger partial charge is 0.375 e. The number of esters is 4. The Morgan fingerprint density at radius 3 is 2.30 bits per heavy atom. The third kappa shape index (κ3) is 5.21. The molecule has 0 spiro atoms. The van der Waals surface area contributed by atoms with Gasteiger partial charge >= 0.3 is 23.9 Å². The summed E-state index contributed by atoms with van der Waals surface area (Å²) in [5.74, 6) is -3.94. The van der Waals surface area contributed by atoms with Gasteiger partial charge in [0.15, 0.2) is 18.4 Å². The molecule has 4 atom stereocenters. The van der Waals surface area contributed by atoms with Crippen molar-refractivity contribution in [2.75, 3.05) is 13.7 Å². The van der Waals surface area contributed by atoms with Gasteiger partial charge in [-0.3, -0.25) is 14.4 Å². The highest BCUT2D eigenvalue weighted by Gasteiger charge is 2.52. The summed E-state index contributed by atoms with van der Waals surface area (Å²) in [6.45, 7) is 3.04. The van der Waals surface area contributed by atoms with Crippen LogP contribution in [0.2, 0.25) is 0 Å². The molecule has 2 rings (SSSR count). The highest BCUT2D eigenvalue weighted by Crippen LogP contribution is 2.35. The Morgan fingerprint density at radius 2 is 1.77 bits per heavy atom. The Labute approximate surface area is 168 Å². The minimum Gasteiger partial charge on any atom is -0.463 e. The highest BCUT2D eigenvalue weighted by molar-refractivity contribution is 5.85. The second kappa shape index (κ2) is 9.67. The fourth-order valence-corrected chi connectivity index (χ4v) is 2.69. The normalized spacial score (nSPS) is 22.5. The SMILES string of the molecule is COC(=O)c1nc(N=[N+]=[N-])nn1[C@@H]1O[C@H](COC(C)=O)[C@@H](OC(C)=O)[C@H]1OC(C)=O. The van der Waals surface area contributed by atoms with Crippen molar-refractivity contribution in [1.29, 1.82) is 0 Å². The van der Waals surface area contributed by atoms with Crippen LogP contribution in [0, 0.1) is 0 Å². The minimum absolute atomic E-state index is 0.354. The molecule has 30 heavy (non-hydrogen) atoms. The van der Waals surface area contributed by atoms with E-state index in [-0.39, 0.29) is 6.61 Å². The number of hydrogen-bond acceptors (Lipinski definition) is 12. The highest BCUT2D eigenvalue weighted by atomic mass is 16.7. The van der Waals surface area contributed by atoms with E-state index in [0.29, 0.717) is 0 Å². The number of carbonyl (C=O) groups excluding carboxylic acids is 4. The molecule has 0 N–H and O–H groups in total. The van der Waals surface area contributed by atoms with E-state index < -0.39 is 60.2 Å². The summed E-state index contributed by atoms with van der Waals surface area (Å²) in [6.07, 6.45) is -4.96. The van der Waals surface area contributed by atoms with Crippen molar-refractivity contribution in [3.63, 3.8) is 0 Å². The number of aromatic nitrogens is 3. The van der Waals surface area contributed by atoms with Gasteiger partial charge in [0.1, 0.15) is 12.7 Å². The first-order chi connectivity index (χ1) is 14.2. The average molecular weight is 426 g/mol. The van der Waals surface area contributed by atoms with E-state index in [1.807, 2.05) is 0 Å². The van der Waals surface area contributed by atoms with Crippen LogP contribution in [-0.4, -0.2) is 70.7 Å². The van der Waals surface area contributed by atoms with E-state index in [9.17, 15) is 19.2 Å². The molecule has 0 bridgehead atoms. The Balaban J connectivity index is 2.53. The molecule has 15 heteroatoms. The first-order valence-electron chi connectivity index (χ1n) is 8.41. The van der Waals surface area contributed by atoms with Gasteiger partial charge < -0.3 is 23.7 Å². The van der Waals surface area contributed by atoms with Crippen LogP contribution in [-0.2, 0) is 38.1 Å². The second-order valence-corrected chi connectivity index (χ2v) is 5.88. The zero-order valence-corrected chi connectivity index (χ0v) is 16.4. The molecule has 0 aliphatic carbocycles. The Hall–Kier alpha value is -3.71. The maximum atomic E-state index is 12.1. The summed E-state index contributed by atoms with van der Waals surface area (Å²) < 4.78 is 26.6. The topological polar surface area (TPSA) is 194 Å². The monoisotopic (exact) mass is 426 g/mol. The molecule has 0 aromatic carbocycles. The quantitative estimate of drug-likeness (QED) is 0.192. The van der Waals surface area contributed by atoms with Crippen LogP contribution in [0.1, 0.15) is 37.6 Å². The predicted molar refractivity (Wildman–Crippen MR) is 91.8 cm³/mol. The molecule has 162 valence electrons. The van der Waals surface area contributed by atoms with Crippen LogP contribution >= 0.6 is 0 Å². The fraction of sp³-hybridized carbons (Fsp3) is 0.600. The van der Waals surface area contributed by atoms with Crippen molar-refractivity contribution < 1.29 is 42.9 Å². The van der Waals surface area contributed by atoms with Crippen LogP contribution in [0.25, 0.3) is 10.4 Å². The zero-order valence-electron chi connectivity index (χ0n) is 16.4. The molecule has 1 aromatic heterocycles. The third-order valence-electron chi connectivity index (χ3n) is 3.70. The van der Waals surface area contributed by atoms with Crippen molar-refractivity contribution in [2.45, 2.75) is 45.3 Å². The van der Waals surface area contributed by atoms with Crippen LogP contribution in [0.4, 0.5) is 5.95 Å². The lowest BCUT2D eigenvalue weighted by atomic mass is 10.1. The van der Waals surface area contributed by atoms with Crippen molar-refractivity contribution in [2.24, 2.45) is 5.11 Å².